The zero-order valence-electron chi connectivity index (χ0n) is 8.20. The molecule has 0 atom stereocenters. The molecule has 0 heterocycles. The van der Waals surface area contributed by atoms with Crippen LogP contribution in [0.5, 0.6) is 0 Å². The number of carbonyl (C=O) groups is 1. The molecular weight excluding hydrogens is 164 g/mol. The SMILES string of the molecule is C=C/C=C/CCCC.C=CC(=O)O. The molecule has 0 aliphatic heterocycles. The molecule has 2 nitrogen and oxygen atoms in total. The molecule has 0 aliphatic rings. The van der Waals surface area contributed by atoms with E-state index in [4.69, 9.17) is 5.11 Å². The minimum absolute atomic E-state index is 0.833. The number of aliphatic carboxylic acids is 1. The molecule has 0 radical (unpaired) electrons. The maximum atomic E-state index is 9.25. The molecule has 0 aromatic heterocycles. The highest BCUT2D eigenvalue weighted by Gasteiger charge is 1.74. The Bertz CT molecular complexity index is 169. The lowest BCUT2D eigenvalue weighted by atomic mass is 10.2. The minimum Gasteiger partial charge on any atom is -0.478 e. The molecule has 0 saturated heterocycles. The Morgan fingerprint density at radius 1 is 1.46 bits per heavy atom. The number of carboxylic acid groups (broad SMARTS) is 1. The van der Waals surface area contributed by atoms with E-state index in [9.17, 15) is 4.79 Å². The minimum atomic E-state index is -0.981. The van der Waals surface area contributed by atoms with Gasteiger partial charge in [-0.3, -0.25) is 0 Å². The molecule has 74 valence electrons. The van der Waals surface area contributed by atoms with Gasteiger partial charge in [0.1, 0.15) is 0 Å². The number of hydrogen-bond acceptors (Lipinski definition) is 1. The summed E-state index contributed by atoms with van der Waals surface area (Å²) in [5, 5.41) is 7.60. The topological polar surface area (TPSA) is 37.3 Å². The normalized spacial score (nSPS) is 8.69. The molecular formula is C11H18O2. The molecule has 0 unspecified atom stereocenters. The molecule has 0 aromatic rings. The van der Waals surface area contributed by atoms with Gasteiger partial charge < -0.3 is 5.11 Å². The van der Waals surface area contributed by atoms with Gasteiger partial charge in [-0.25, -0.2) is 4.79 Å². The Morgan fingerprint density at radius 2 is 2.00 bits per heavy atom. The Balaban J connectivity index is 0. The van der Waals surface area contributed by atoms with Gasteiger partial charge in [0.2, 0.25) is 0 Å². The summed E-state index contributed by atoms with van der Waals surface area (Å²) < 4.78 is 0. The average Bonchev–Trinajstić information content (AvgIpc) is 2.14. The number of hydrogen-bond donors (Lipinski definition) is 1. The van der Waals surface area contributed by atoms with Crippen LogP contribution in [0.1, 0.15) is 26.2 Å². The van der Waals surface area contributed by atoms with Crippen molar-refractivity contribution in [2.45, 2.75) is 26.2 Å². The number of unbranched alkanes of at least 4 members (excludes halogenated alkanes) is 2. The van der Waals surface area contributed by atoms with Crippen molar-refractivity contribution in [2.24, 2.45) is 0 Å². The largest absolute Gasteiger partial charge is 0.478 e. The van der Waals surface area contributed by atoms with Crippen LogP contribution in [0.2, 0.25) is 0 Å². The molecule has 2 heteroatoms. The van der Waals surface area contributed by atoms with E-state index in [-0.39, 0.29) is 0 Å². The van der Waals surface area contributed by atoms with E-state index in [1.807, 2.05) is 12.2 Å². The smallest absolute Gasteiger partial charge is 0.327 e. The van der Waals surface area contributed by atoms with Gasteiger partial charge in [-0.1, -0.05) is 51.2 Å². The molecule has 1 N–H and O–H groups in total. The van der Waals surface area contributed by atoms with Crippen LogP contribution in [-0.4, -0.2) is 11.1 Å². The van der Waals surface area contributed by atoms with E-state index < -0.39 is 5.97 Å². The van der Waals surface area contributed by atoms with E-state index in [1.165, 1.54) is 19.3 Å². The predicted molar refractivity (Wildman–Crippen MR) is 56.7 cm³/mol. The standard InChI is InChI=1S/C8H14.C3H4O2/c1-3-5-7-8-6-4-2;1-2-3(4)5/h3,5,7H,1,4,6,8H2,2H3;2H,1H2,(H,4,5)/b7-5+;. The monoisotopic (exact) mass is 182 g/mol. The summed E-state index contributed by atoms with van der Waals surface area (Å²) in [4.78, 5) is 9.25. The van der Waals surface area contributed by atoms with Crippen LogP contribution >= 0.6 is 0 Å². The van der Waals surface area contributed by atoms with Gasteiger partial charge in [-0.05, 0) is 6.42 Å². The first-order valence-corrected chi connectivity index (χ1v) is 4.31. The molecule has 0 aliphatic carbocycles. The van der Waals surface area contributed by atoms with Crippen LogP contribution in [-0.2, 0) is 4.79 Å². The second-order valence-electron chi connectivity index (χ2n) is 2.35. The molecule has 0 amide bonds. The summed E-state index contributed by atoms with van der Waals surface area (Å²) in [6.07, 6.45) is 10.6. The first-order valence-electron chi connectivity index (χ1n) is 4.31. The van der Waals surface area contributed by atoms with Crippen molar-refractivity contribution < 1.29 is 9.90 Å². The first kappa shape index (κ1) is 14.2. The predicted octanol–water partition coefficient (Wildman–Crippen LogP) is 3.18. The molecule has 0 spiro atoms. The lowest BCUT2D eigenvalue weighted by Gasteiger charge is -1.84. The van der Waals surface area contributed by atoms with E-state index in [2.05, 4.69) is 26.2 Å². The second-order valence-corrected chi connectivity index (χ2v) is 2.35. The first-order chi connectivity index (χ1) is 6.18. The summed E-state index contributed by atoms with van der Waals surface area (Å²) in [6.45, 7) is 8.73. The number of carboxylic acids is 1. The third-order valence-corrected chi connectivity index (χ3v) is 1.17. The van der Waals surface area contributed by atoms with Gasteiger partial charge in [0.25, 0.3) is 0 Å². The number of rotatable bonds is 5. The molecule has 0 saturated carbocycles. The quantitative estimate of drug-likeness (QED) is 0.403. The van der Waals surface area contributed by atoms with Gasteiger partial charge in [0.05, 0.1) is 0 Å². The van der Waals surface area contributed by atoms with Crippen LogP contribution in [0.15, 0.2) is 37.5 Å². The van der Waals surface area contributed by atoms with Crippen LogP contribution in [0.3, 0.4) is 0 Å². The van der Waals surface area contributed by atoms with Crippen molar-refractivity contribution >= 4 is 5.97 Å². The Kier molecular flexibility index (Phi) is 14.5. The van der Waals surface area contributed by atoms with Gasteiger partial charge in [0.15, 0.2) is 0 Å². The fourth-order valence-corrected chi connectivity index (χ4v) is 0.514. The fourth-order valence-electron chi connectivity index (χ4n) is 0.514. The lowest BCUT2D eigenvalue weighted by molar-refractivity contribution is -0.131. The van der Waals surface area contributed by atoms with Crippen molar-refractivity contribution in [3.63, 3.8) is 0 Å². The van der Waals surface area contributed by atoms with Crippen LogP contribution in [0, 0.1) is 0 Å². The molecule has 13 heavy (non-hydrogen) atoms. The molecule has 0 fully saturated rings. The van der Waals surface area contributed by atoms with Gasteiger partial charge >= 0.3 is 5.97 Å². The highest BCUT2D eigenvalue weighted by Crippen LogP contribution is 1.93. The van der Waals surface area contributed by atoms with Crippen molar-refractivity contribution in [3.05, 3.63) is 37.5 Å². The zero-order chi connectivity index (χ0) is 10.5. The zero-order valence-corrected chi connectivity index (χ0v) is 8.20. The van der Waals surface area contributed by atoms with Crippen molar-refractivity contribution in [1.82, 2.24) is 0 Å². The Hall–Kier alpha value is -1.31. The summed E-state index contributed by atoms with van der Waals surface area (Å²) in [5.74, 6) is -0.981. The van der Waals surface area contributed by atoms with E-state index in [1.54, 1.807) is 0 Å². The van der Waals surface area contributed by atoms with Gasteiger partial charge in [0, 0.05) is 6.08 Å². The summed E-state index contributed by atoms with van der Waals surface area (Å²) >= 11 is 0. The van der Waals surface area contributed by atoms with Crippen LogP contribution < -0.4 is 0 Å². The highest BCUT2D eigenvalue weighted by molar-refractivity contribution is 5.78. The third-order valence-electron chi connectivity index (χ3n) is 1.17. The Labute approximate surface area is 80.3 Å². The molecule has 0 aromatic carbocycles. The van der Waals surface area contributed by atoms with E-state index in [0.29, 0.717) is 0 Å². The van der Waals surface area contributed by atoms with Crippen LogP contribution in [0.4, 0.5) is 0 Å². The van der Waals surface area contributed by atoms with Crippen molar-refractivity contribution in [3.8, 4) is 0 Å². The van der Waals surface area contributed by atoms with Crippen LogP contribution in [0.25, 0.3) is 0 Å². The molecule has 0 rings (SSSR count). The van der Waals surface area contributed by atoms with Crippen molar-refractivity contribution in [2.75, 3.05) is 0 Å². The average molecular weight is 182 g/mol. The maximum absolute atomic E-state index is 9.25. The molecule has 0 bridgehead atoms. The van der Waals surface area contributed by atoms with Gasteiger partial charge in [-0.2, -0.15) is 0 Å². The van der Waals surface area contributed by atoms with Gasteiger partial charge in [-0.15, -0.1) is 0 Å². The summed E-state index contributed by atoms with van der Waals surface area (Å²) in [5.41, 5.74) is 0. The van der Waals surface area contributed by atoms with E-state index in [0.717, 1.165) is 6.08 Å². The third kappa shape index (κ3) is 24.9. The fraction of sp³-hybridized carbons (Fsp3) is 0.364. The number of allylic oxidation sites excluding steroid dienone is 3. The Morgan fingerprint density at radius 3 is 2.31 bits per heavy atom. The summed E-state index contributed by atoms with van der Waals surface area (Å²) in [6, 6.07) is 0. The lowest BCUT2D eigenvalue weighted by Crippen LogP contribution is -1.82. The van der Waals surface area contributed by atoms with Crippen molar-refractivity contribution in [1.29, 1.82) is 0 Å². The van der Waals surface area contributed by atoms with E-state index >= 15 is 0 Å². The summed E-state index contributed by atoms with van der Waals surface area (Å²) in [7, 11) is 0. The second kappa shape index (κ2) is 13.3. The maximum Gasteiger partial charge on any atom is 0.327 e. The highest BCUT2D eigenvalue weighted by atomic mass is 16.4.